The van der Waals surface area contributed by atoms with Gasteiger partial charge in [0.1, 0.15) is 11.5 Å². The van der Waals surface area contributed by atoms with Gasteiger partial charge < -0.3 is 20.5 Å². The lowest BCUT2D eigenvalue weighted by atomic mass is 10.2. The van der Waals surface area contributed by atoms with E-state index in [1.165, 1.54) is 0 Å². The zero-order chi connectivity index (χ0) is 17.7. The molecule has 1 aromatic heterocycles. The summed E-state index contributed by atoms with van der Waals surface area (Å²) in [6.45, 7) is 3.08. The molecule has 8 heteroatoms. The van der Waals surface area contributed by atoms with E-state index in [0.29, 0.717) is 24.8 Å². The zero-order valence-electron chi connectivity index (χ0n) is 15.1. The van der Waals surface area contributed by atoms with Crippen molar-refractivity contribution in [3.8, 4) is 17.4 Å². The SMILES string of the molecule is CCCOc1ccc(Oc2ncccc2CNC(=O)C2(N)CC2)cc1.Cl.Cl. The Morgan fingerprint density at radius 3 is 2.48 bits per heavy atom. The van der Waals surface area contributed by atoms with E-state index in [1.54, 1.807) is 6.20 Å². The molecule has 0 bridgehead atoms. The molecule has 0 atom stereocenters. The molecular weight excluding hydrogens is 389 g/mol. The van der Waals surface area contributed by atoms with Gasteiger partial charge in [-0.25, -0.2) is 4.98 Å². The van der Waals surface area contributed by atoms with Gasteiger partial charge in [0, 0.05) is 18.3 Å². The average molecular weight is 414 g/mol. The minimum atomic E-state index is -0.683. The van der Waals surface area contributed by atoms with Gasteiger partial charge in [-0.05, 0) is 49.6 Å². The van der Waals surface area contributed by atoms with Gasteiger partial charge in [-0.2, -0.15) is 0 Å². The molecule has 1 fully saturated rings. The molecule has 148 valence electrons. The monoisotopic (exact) mass is 413 g/mol. The van der Waals surface area contributed by atoms with Crippen LogP contribution in [0.3, 0.4) is 0 Å². The Hall–Kier alpha value is -2.02. The number of carbonyl (C=O) groups excluding carboxylic acids is 1. The first kappa shape index (κ1) is 23.0. The molecule has 0 saturated heterocycles. The molecular formula is C19H25Cl2N3O3. The molecule has 1 aromatic carbocycles. The van der Waals surface area contributed by atoms with Gasteiger partial charge in [-0.15, -0.1) is 24.8 Å². The highest BCUT2D eigenvalue weighted by Crippen LogP contribution is 2.32. The second-order valence-electron chi connectivity index (χ2n) is 6.23. The van der Waals surface area contributed by atoms with Crippen molar-refractivity contribution in [1.82, 2.24) is 10.3 Å². The highest BCUT2D eigenvalue weighted by atomic mass is 35.5. The number of nitrogens with two attached hydrogens (primary N) is 1. The fourth-order valence-corrected chi connectivity index (χ4v) is 2.30. The Morgan fingerprint density at radius 2 is 1.85 bits per heavy atom. The second-order valence-corrected chi connectivity index (χ2v) is 6.23. The molecule has 1 aliphatic rings. The number of nitrogens with one attached hydrogen (secondary N) is 1. The van der Waals surface area contributed by atoms with E-state index in [2.05, 4.69) is 17.2 Å². The zero-order valence-corrected chi connectivity index (χ0v) is 16.8. The topological polar surface area (TPSA) is 86.5 Å². The summed E-state index contributed by atoms with van der Waals surface area (Å²) in [5.74, 6) is 1.81. The van der Waals surface area contributed by atoms with Crippen LogP contribution in [0, 0.1) is 0 Å². The lowest BCUT2D eigenvalue weighted by Crippen LogP contribution is -2.42. The fraction of sp³-hybridized carbons (Fsp3) is 0.368. The Balaban J connectivity index is 0.00000182. The maximum atomic E-state index is 12.0. The average Bonchev–Trinajstić information content (AvgIpc) is 3.39. The third-order valence-electron chi connectivity index (χ3n) is 4.04. The van der Waals surface area contributed by atoms with Crippen LogP contribution in [0.25, 0.3) is 0 Å². The molecule has 6 nitrogen and oxygen atoms in total. The van der Waals surface area contributed by atoms with E-state index in [4.69, 9.17) is 15.2 Å². The van der Waals surface area contributed by atoms with Crippen LogP contribution in [0.15, 0.2) is 42.6 Å². The molecule has 2 aromatic rings. The van der Waals surface area contributed by atoms with Crippen molar-refractivity contribution in [2.75, 3.05) is 6.61 Å². The van der Waals surface area contributed by atoms with E-state index in [1.807, 2.05) is 36.4 Å². The van der Waals surface area contributed by atoms with Gasteiger partial charge in [0.15, 0.2) is 0 Å². The van der Waals surface area contributed by atoms with Crippen molar-refractivity contribution < 1.29 is 14.3 Å². The van der Waals surface area contributed by atoms with Crippen LogP contribution in [0.2, 0.25) is 0 Å². The number of hydrogen-bond acceptors (Lipinski definition) is 5. The summed E-state index contributed by atoms with van der Waals surface area (Å²) in [6, 6.07) is 11.1. The van der Waals surface area contributed by atoms with Gasteiger partial charge in [0.2, 0.25) is 11.8 Å². The molecule has 0 spiro atoms. The van der Waals surface area contributed by atoms with Crippen molar-refractivity contribution in [1.29, 1.82) is 0 Å². The van der Waals surface area contributed by atoms with Gasteiger partial charge in [0.25, 0.3) is 0 Å². The number of nitrogens with zero attached hydrogens (tertiary/aromatic N) is 1. The molecule has 0 unspecified atom stereocenters. The van der Waals surface area contributed by atoms with Gasteiger partial charge >= 0.3 is 0 Å². The van der Waals surface area contributed by atoms with Crippen molar-refractivity contribution >= 4 is 30.7 Å². The summed E-state index contributed by atoms with van der Waals surface area (Å²) in [5, 5.41) is 2.86. The molecule has 27 heavy (non-hydrogen) atoms. The molecule has 0 radical (unpaired) electrons. The quantitative estimate of drug-likeness (QED) is 0.689. The maximum absolute atomic E-state index is 12.0. The number of halogens is 2. The minimum absolute atomic E-state index is 0. The largest absolute Gasteiger partial charge is 0.494 e. The van der Waals surface area contributed by atoms with E-state index >= 15 is 0 Å². The minimum Gasteiger partial charge on any atom is -0.494 e. The number of ether oxygens (including phenoxy) is 2. The van der Waals surface area contributed by atoms with Crippen LogP contribution in [-0.4, -0.2) is 23.0 Å². The fourth-order valence-electron chi connectivity index (χ4n) is 2.30. The van der Waals surface area contributed by atoms with E-state index in [-0.39, 0.29) is 30.7 Å². The van der Waals surface area contributed by atoms with Crippen LogP contribution in [-0.2, 0) is 11.3 Å². The Morgan fingerprint density at radius 1 is 1.19 bits per heavy atom. The molecule has 3 rings (SSSR count). The first-order valence-corrected chi connectivity index (χ1v) is 8.52. The Kier molecular flexibility index (Phi) is 8.82. The lowest BCUT2D eigenvalue weighted by Gasteiger charge is -2.13. The Labute approximate surface area is 171 Å². The number of carbonyl (C=O) groups is 1. The predicted molar refractivity (Wildman–Crippen MR) is 109 cm³/mol. The number of benzene rings is 1. The summed E-state index contributed by atoms with van der Waals surface area (Å²) >= 11 is 0. The molecule has 1 heterocycles. The maximum Gasteiger partial charge on any atom is 0.240 e. The molecule has 1 saturated carbocycles. The molecule has 1 amide bonds. The smallest absolute Gasteiger partial charge is 0.240 e. The second kappa shape index (κ2) is 10.3. The molecule has 1 aliphatic carbocycles. The summed E-state index contributed by atoms with van der Waals surface area (Å²) in [5.41, 5.74) is 6.01. The van der Waals surface area contributed by atoms with Gasteiger partial charge in [0.05, 0.1) is 12.1 Å². The molecule has 3 N–H and O–H groups in total. The van der Waals surface area contributed by atoms with Crippen LogP contribution < -0.4 is 20.5 Å². The van der Waals surface area contributed by atoms with Gasteiger partial charge in [-0.3, -0.25) is 4.79 Å². The van der Waals surface area contributed by atoms with Gasteiger partial charge in [-0.1, -0.05) is 13.0 Å². The van der Waals surface area contributed by atoms with Crippen LogP contribution >= 0.6 is 24.8 Å². The summed E-state index contributed by atoms with van der Waals surface area (Å²) in [7, 11) is 0. The standard InChI is InChI=1S/C19H23N3O3.2ClH/c1-2-12-24-15-5-7-16(8-6-15)25-17-14(4-3-11-21-17)13-22-18(23)19(20)9-10-19;;/h3-8,11H,2,9-10,12-13,20H2,1H3,(H,22,23);2*1H. The van der Waals surface area contributed by atoms with Crippen molar-refractivity contribution in [3.63, 3.8) is 0 Å². The highest BCUT2D eigenvalue weighted by molar-refractivity contribution is 5.88. The number of pyridine rings is 1. The summed E-state index contributed by atoms with van der Waals surface area (Å²) in [6.07, 6.45) is 4.10. The number of hydrogen-bond donors (Lipinski definition) is 2. The number of amides is 1. The lowest BCUT2D eigenvalue weighted by molar-refractivity contribution is -0.123. The number of rotatable bonds is 8. The summed E-state index contributed by atoms with van der Waals surface area (Å²) in [4.78, 5) is 16.2. The van der Waals surface area contributed by atoms with Crippen molar-refractivity contribution in [3.05, 3.63) is 48.2 Å². The highest BCUT2D eigenvalue weighted by Gasteiger charge is 2.45. The third kappa shape index (κ3) is 6.27. The number of aromatic nitrogens is 1. The van der Waals surface area contributed by atoms with Crippen LogP contribution in [0.4, 0.5) is 0 Å². The van der Waals surface area contributed by atoms with E-state index < -0.39 is 5.54 Å². The van der Waals surface area contributed by atoms with E-state index in [9.17, 15) is 4.79 Å². The van der Waals surface area contributed by atoms with Crippen LogP contribution in [0.5, 0.6) is 17.4 Å². The van der Waals surface area contributed by atoms with Crippen molar-refractivity contribution in [2.45, 2.75) is 38.3 Å². The predicted octanol–water partition coefficient (Wildman–Crippen LogP) is 3.61. The third-order valence-corrected chi connectivity index (χ3v) is 4.04. The van der Waals surface area contributed by atoms with E-state index in [0.717, 1.165) is 30.6 Å². The Bertz CT molecular complexity index is 737. The van der Waals surface area contributed by atoms with Crippen LogP contribution in [0.1, 0.15) is 31.7 Å². The first-order chi connectivity index (χ1) is 12.1. The molecule has 0 aliphatic heterocycles. The van der Waals surface area contributed by atoms with Crippen molar-refractivity contribution in [2.24, 2.45) is 5.73 Å². The normalized spacial score (nSPS) is 13.6. The first-order valence-electron chi connectivity index (χ1n) is 8.52. The summed E-state index contributed by atoms with van der Waals surface area (Å²) < 4.78 is 11.4.